The standard InChI is InChI=1S/C10H13N3OS3/c1-15-9-12-13-10(17-9)16-6-4-11-7-8-3-2-5-14-8/h2-3,5,11H,4,6-7H2,1H3. The van der Waals surface area contributed by atoms with Gasteiger partial charge in [-0.1, -0.05) is 34.9 Å². The van der Waals surface area contributed by atoms with Crippen molar-refractivity contribution >= 4 is 34.9 Å². The second kappa shape index (κ2) is 7.05. The summed E-state index contributed by atoms with van der Waals surface area (Å²) in [6.07, 6.45) is 3.71. The van der Waals surface area contributed by atoms with Crippen molar-refractivity contribution < 1.29 is 4.42 Å². The van der Waals surface area contributed by atoms with E-state index in [1.54, 1.807) is 41.1 Å². The second-order valence-corrected chi connectivity index (χ2v) is 6.52. The molecular formula is C10H13N3OS3. The van der Waals surface area contributed by atoms with Crippen LogP contribution in [0.2, 0.25) is 0 Å². The minimum atomic E-state index is 0.778. The van der Waals surface area contributed by atoms with E-state index in [0.29, 0.717) is 0 Å². The Morgan fingerprint density at radius 2 is 2.29 bits per heavy atom. The molecule has 2 aromatic heterocycles. The molecule has 17 heavy (non-hydrogen) atoms. The molecule has 0 aliphatic rings. The smallest absolute Gasteiger partial charge is 0.175 e. The monoisotopic (exact) mass is 287 g/mol. The fourth-order valence-corrected chi connectivity index (χ4v) is 3.58. The third-order valence-corrected chi connectivity index (χ3v) is 4.98. The van der Waals surface area contributed by atoms with Crippen molar-refractivity contribution in [3.63, 3.8) is 0 Å². The molecule has 0 fully saturated rings. The van der Waals surface area contributed by atoms with Crippen molar-refractivity contribution in [1.82, 2.24) is 15.5 Å². The van der Waals surface area contributed by atoms with E-state index < -0.39 is 0 Å². The van der Waals surface area contributed by atoms with Crippen molar-refractivity contribution in [2.45, 2.75) is 15.2 Å². The van der Waals surface area contributed by atoms with Crippen LogP contribution in [0.4, 0.5) is 0 Å². The summed E-state index contributed by atoms with van der Waals surface area (Å²) in [6, 6.07) is 3.87. The molecule has 0 unspecified atom stereocenters. The highest BCUT2D eigenvalue weighted by Gasteiger charge is 2.03. The predicted octanol–water partition coefficient (Wildman–Crippen LogP) is 2.73. The van der Waals surface area contributed by atoms with E-state index in [1.165, 1.54) is 0 Å². The Hall–Kier alpha value is -0.500. The molecule has 2 rings (SSSR count). The molecule has 2 aromatic rings. The normalized spacial score (nSPS) is 10.9. The first kappa shape index (κ1) is 12.9. The molecule has 0 amide bonds. The SMILES string of the molecule is CSc1nnc(SCCNCc2ccco2)s1. The molecule has 0 radical (unpaired) electrons. The number of nitrogens with one attached hydrogen (secondary N) is 1. The maximum Gasteiger partial charge on any atom is 0.175 e. The van der Waals surface area contributed by atoms with Crippen LogP contribution in [0.25, 0.3) is 0 Å². The summed E-state index contributed by atoms with van der Waals surface area (Å²) in [5.74, 6) is 1.96. The third-order valence-electron chi connectivity index (χ3n) is 1.95. The van der Waals surface area contributed by atoms with Gasteiger partial charge in [-0.05, 0) is 18.4 Å². The van der Waals surface area contributed by atoms with Gasteiger partial charge in [-0.2, -0.15) is 0 Å². The lowest BCUT2D eigenvalue weighted by Gasteiger charge is -2.00. The maximum absolute atomic E-state index is 5.22. The van der Waals surface area contributed by atoms with Gasteiger partial charge in [0.2, 0.25) is 0 Å². The minimum Gasteiger partial charge on any atom is -0.468 e. The van der Waals surface area contributed by atoms with Crippen LogP contribution in [0.15, 0.2) is 31.5 Å². The molecular weight excluding hydrogens is 274 g/mol. The quantitative estimate of drug-likeness (QED) is 0.624. The fraction of sp³-hybridized carbons (Fsp3) is 0.400. The highest BCUT2D eigenvalue weighted by molar-refractivity contribution is 8.02. The number of hydrogen-bond donors (Lipinski definition) is 1. The van der Waals surface area contributed by atoms with Gasteiger partial charge in [-0.25, -0.2) is 0 Å². The Balaban J connectivity index is 1.60. The van der Waals surface area contributed by atoms with Crippen molar-refractivity contribution in [2.24, 2.45) is 0 Å². The van der Waals surface area contributed by atoms with Crippen LogP contribution in [0.1, 0.15) is 5.76 Å². The number of hydrogen-bond acceptors (Lipinski definition) is 7. The minimum absolute atomic E-state index is 0.778. The zero-order valence-electron chi connectivity index (χ0n) is 9.38. The third kappa shape index (κ3) is 4.34. The van der Waals surface area contributed by atoms with Crippen LogP contribution in [-0.4, -0.2) is 28.8 Å². The number of thioether (sulfide) groups is 2. The summed E-state index contributed by atoms with van der Waals surface area (Å²) in [5.41, 5.74) is 0. The van der Waals surface area contributed by atoms with Gasteiger partial charge in [0, 0.05) is 12.3 Å². The molecule has 1 N–H and O–H groups in total. The molecule has 4 nitrogen and oxygen atoms in total. The Morgan fingerprint density at radius 3 is 3.00 bits per heavy atom. The van der Waals surface area contributed by atoms with Crippen molar-refractivity contribution in [3.8, 4) is 0 Å². The van der Waals surface area contributed by atoms with E-state index in [-0.39, 0.29) is 0 Å². The number of nitrogens with zero attached hydrogens (tertiary/aromatic N) is 2. The molecule has 0 aromatic carbocycles. The fourth-order valence-electron chi connectivity index (χ4n) is 1.17. The summed E-state index contributed by atoms with van der Waals surface area (Å²) < 4.78 is 7.28. The van der Waals surface area contributed by atoms with E-state index in [1.807, 2.05) is 18.4 Å². The molecule has 0 aliphatic carbocycles. The molecule has 0 saturated heterocycles. The Morgan fingerprint density at radius 1 is 1.41 bits per heavy atom. The topological polar surface area (TPSA) is 51.0 Å². The van der Waals surface area contributed by atoms with E-state index in [0.717, 1.165) is 33.3 Å². The zero-order valence-corrected chi connectivity index (χ0v) is 11.8. The van der Waals surface area contributed by atoms with Gasteiger partial charge in [0.25, 0.3) is 0 Å². The first-order valence-corrected chi connectivity index (χ1v) is 8.14. The second-order valence-electron chi connectivity index (χ2n) is 3.14. The molecule has 0 bridgehead atoms. The summed E-state index contributed by atoms with van der Waals surface area (Å²) in [5, 5.41) is 11.5. The molecule has 0 spiro atoms. The molecule has 2 heterocycles. The number of rotatable bonds is 7. The van der Waals surface area contributed by atoms with Gasteiger partial charge in [0.1, 0.15) is 5.76 Å². The van der Waals surface area contributed by atoms with E-state index >= 15 is 0 Å². The summed E-state index contributed by atoms with van der Waals surface area (Å²) in [7, 11) is 0. The van der Waals surface area contributed by atoms with E-state index in [4.69, 9.17) is 4.42 Å². The lowest BCUT2D eigenvalue weighted by molar-refractivity contribution is 0.488. The van der Waals surface area contributed by atoms with Crippen LogP contribution in [0.3, 0.4) is 0 Å². The van der Waals surface area contributed by atoms with Gasteiger partial charge in [0.05, 0.1) is 12.8 Å². The Labute approximate surface area is 113 Å². The van der Waals surface area contributed by atoms with Crippen molar-refractivity contribution in [3.05, 3.63) is 24.2 Å². The van der Waals surface area contributed by atoms with E-state index in [9.17, 15) is 0 Å². The molecule has 0 saturated carbocycles. The Kier molecular flexibility index (Phi) is 5.37. The summed E-state index contributed by atoms with van der Waals surface area (Å²) in [6.45, 7) is 1.71. The lowest BCUT2D eigenvalue weighted by Crippen LogP contribution is -2.15. The van der Waals surface area contributed by atoms with Gasteiger partial charge in [-0.15, -0.1) is 10.2 Å². The molecule has 0 atom stereocenters. The van der Waals surface area contributed by atoms with Crippen LogP contribution in [0.5, 0.6) is 0 Å². The largest absolute Gasteiger partial charge is 0.468 e. The summed E-state index contributed by atoms with van der Waals surface area (Å²) in [4.78, 5) is 0. The molecule has 92 valence electrons. The van der Waals surface area contributed by atoms with Crippen LogP contribution in [0, 0.1) is 0 Å². The van der Waals surface area contributed by atoms with Gasteiger partial charge in [-0.3, -0.25) is 0 Å². The average molecular weight is 287 g/mol. The summed E-state index contributed by atoms with van der Waals surface area (Å²) >= 11 is 5.01. The van der Waals surface area contributed by atoms with Crippen LogP contribution < -0.4 is 5.32 Å². The predicted molar refractivity (Wildman–Crippen MR) is 72.8 cm³/mol. The highest BCUT2D eigenvalue weighted by atomic mass is 32.2. The van der Waals surface area contributed by atoms with E-state index in [2.05, 4.69) is 15.5 Å². The Bertz CT molecular complexity index is 430. The molecule has 0 aliphatic heterocycles. The first-order valence-electron chi connectivity index (χ1n) is 5.12. The van der Waals surface area contributed by atoms with Gasteiger partial charge < -0.3 is 9.73 Å². The lowest BCUT2D eigenvalue weighted by atomic mass is 10.4. The maximum atomic E-state index is 5.22. The first-order chi connectivity index (χ1) is 8.38. The number of aromatic nitrogens is 2. The van der Waals surface area contributed by atoms with Gasteiger partial charge >= 0.3 is 0 Å². The zero-order chi connectivity index (χ0) is 11.9. The molecule has 7 heteroatoms. The van der Waals surface area contributed by atoms with Gasteiger partial charge in [0.15, 0.2) is 8.68 Å². The average Bonchev–Trinajstić information content (AvgIpc) is 2.99. The van der Waals surface area contributed by atoms with Crippen molar-refractivity contribution in [2.75, 3.05) is 18.6 Å². The van der Waals surface area contributed by atoms with Crippen LogP contribution >= 0.6 is 34.9 Å². The van der Waals surface area contributed by atoms with Crippen LogP contribution in [-0.2, 0) is 6.54 Å². The highest BCUT2D eigenvalue weighted by Crippen LogP contribution is 2.26. The van der Waals surface area contributed by atoms with Crippen molar-refractivity contribution in [1.29, 1.82) is 0 Å². The number of furan rings is 1.